The number of esters is 1. The molecule has 0 spiro atoms. The molecular formula is C24H21NO4. The van der Waals surface area contributed by atoms with Gasteiger partial charge in [-0.05, 0) is 16.8 Å². The van der Waals surface area contributed by atoms with E-state index in [4.69, 9.17) is 9.15 Å². The minimum Gasteiger partial charge on any atom is -0.464 e. The fraction of sp³-hybridized carbons (Fsp3) is 0.167. The van der Waals surface area contributed by atoms with E-state index in [-0.39, 0.29) is 12.3 Å². The molecule has 0 saturated carbocycles. The van der Waals surface area contributed by atoms with Crippen molar-refractivity contribution in [2.24, 2.45) is 0 Å². The van der Waals surface area contributed by atoms with Crippen molar-refractivity contribution < 1.29 is 18.7 Å². The Hall–Kier alpha value is -3.60. The van der Waals surface area contributed by atoms with Crippen molar-refractivity contribution >= 4 is 33.6 Å². The predicted molar refractivity (Wildman–Crippen MR) is 111 cm³/mol. The second-order valence-corrected chi connectivity index (χ2v) is 7.11. The highest BCUT2D eigenvalue weighted by atomic mass is 16.5. The maximum Gasteiger partial charge on any atom is 0.311 e. The summed E-state index contributed by atoms with van der Waals surface area (Å²) >= 11 is 0. The van der Waals surface area contributed by atoms with Gasteiger partial charge in [-0.1, -0.05) is 60.7 Å². The summed E-state index contributed by atoms with van der Waals surface area (Å²) in [5.74, 6) is -0.767. The maximum absolute atomic E-state index is 12.8. The summed E-state index contributed by atoms with van der Waals surface area (Å²) in [6, 6.07) is 20.9. The van der Waals surface area contributed by atoms with Gasteiger partial charge < -0.3 is 14.1 Å². The first-order chi connectivity index (χ1) is 14.0. The smallest absolute Gasteiger partial charge is 0.311 e. The van der Waals surface area contributed by atoms with Crippen LogP contribution in [0.2, 0.25) is 0 Å². The Labute approximate surface area is 168 Å². The van der Waals surface area contributed by atoms with Crippen LogP contribution in [-0.4, -0.2) is 30.9 Å². The Morgan fingerprint density at radius 1 is 0.966 bits per heavy atom. The van der Waals surface area contributed by atoms with Gasteiger partial charge >= 0.3 is 5.97 Å². The number of rotatable bonds is 5. The van der Waals surface area contributed by atoms with Crippen LogP contribution in [0.25, 0.3) is 21.7 Å². The number of hydrogen-bond donors (Lipinski definition) is 0. The van der Waals surface area contributed by atoms with Crippen LogP contribution in [0.15, 0.2) is 77.4 Å². The lowest BCUT2D eigenvalue weighted by Gasteiger charge is -2.21. The van der Waals surface area contributed by atoms with E-state index < -0.39 is 12.1 Å². The topological polar surface area (TPSA) is 59.8 Å². The number of furan rings is 1. The summed E-state index contributed by atoms with van der Waals surface area (Å²) in [6.45, 7) is 0. The van der Waals surface area contributed by atoms with Gasteiger partial charge in [-0.2, -0.15) is 0 Å². The molecule has 3 aromatic carbocycles. The standard InChI is InChI=1S/C24H21NO4/c1-25(2)24(27)23(17-9-4-3-5-10-17)29-21(26)14-18-15-28-20-13-12-16-8-6-7-11-19(16)22(18)20/h3-13,15,23H,14H2,1-2H3. The fourth-order valence-electron chi connectivity index (χ4n) is 3.46. The first kappa shape index (κ1) is 18.7. The van der Waals surface area contributed by atoms with Gasteiger partial charge in [-0.25, -0.2) is 0 Å². The summed E-state index contributed by atoms with van der Waals surface area (Å²) in [6.07, 6.45) is 0.628. The molecule has 0 bridgehead atoms. The summed E-state index contributed by atoms with van der Waals surface area (Å²) in [5.41, 5.74) is 2.10. The van der Waals surface area contributed by atoms with Gasteiger partial charge in [-0.3, -0.25) is 9.59 Å². The zero-order chi connectivity index (χ0) is 20.4. The van der Waals surface area contributed by atoms with E-state index in [0.29, 0.717) is 5.56 Å². The molecule has 29 heavy (non-hydrogen) atoms. The molecule has 1 amide bonds. The van der Waals surface area contributed by atoms with Crippen molar-refractivity contribution in [2.45, 2.75) is 12.5 Å². The van der Waals surface area contributed by atoms with Gasteiger partial charge in [0.1, 0.15) is 5.58 Å². The number of fused-ring (bicyclic) bond motifs is 3. The summed E-state index contributed by atoms with van der Waals surface area (Å²) in [5, 5.41) is 2.99. The first-order valence-electron chi connectivity index (χ1n) is 9.38. The van der Waals surface area contributed by atoms with Gasteiger partial charge in [0, 0.05) is 30.6 Å². The molecule has 1 atom stereocenters. The van der Waals surface area contributed by atoms with Crippen LogP contribution in [0.4, 0.5) is 0 Å². The lowest BCUT2D eigenvalue weighted by Crippen LogP contribution is -2.31. The lowest BCUT2D eigenvalue weighted by molar-refractivity contribution is -0.159. The molecule has 5 heteroatoms. The number of carbonyl (C=O) groups is 2. The second-order valence-electron chi connectivity index (χ2n) is 7.11. The van der Waals surface area contributed by atoms with Crippen molar-refractivity contribution in [2.75, 3.05) is 14.1 Å². The van der Waals surface area contributed by atoms with Gasteiger partial charge in [0.2, 0.25) is 6.10 Å². The molecule has 1 heterocycles. The Morgan fingerprint density at radius 2 is 1.69 bits per heavy atom. The number of amides is 1. The number of benzene rings is 3. The van der Waals surface area contributed by atoms with Gasteiger partial charge in [0.25, 0.3) is 5.91 Å². The molecule has 146 valence electrons. The molecule has 1 aromatic heterocycles. The third-order valence-corrected chi connectivity index (χ3v) is 4.89. The molecule has 0 aliphatic heterocycles. The van der Waals surface area contributed by atoms with Crippen LogP contribution in [0.3, 0.4) is 0 Å². The zero-order valence-corrected chi connectivity index (χ0v) is 16.3. The molecule has 0 aliphatic rings. The molecule has 4 aromatic rings. The summed E-state index contributed by atoms with van der Waals surface area (Å²) < 4.78 is 11.3. The first-order valence-corrected chi connectivity index (χ1v) is 9.38. The minimum absolute atomic E-state index is 0.0189. The fourth-order valence-corrected chi connectivity index (χ4v) is 3.46. The van der Waals surface area contributed by atoms with Crippen molar-refractivity contribution in [1.29, 1.82) is 0 Å². The zero-order valence-electron chi connectivity index (χ0n) is 16.3. The van der Waals surface area contributed by atoms with Gasteiger partial charge in [0.15, 0.2) is 0 Å². The Kier molecular flexibility index (Phi) is 5.04. The third-order valence-electron chi connectivity index (χ3n) is 4.89. The van der Waals surface area contributed by atoms with E-state index in [1.807, 2.05) is 54.6 Å². The number of nitrogens with zero attached hydrogens (tertiary/aromatic N) is 1. The van der Waals surface area contributed by atoms with Gasteiger partial charge in [0.05, 0.1) is 12.7 Å². The maximum atomic E-state index is 12.8. The van der Waals surface area contributed by atoms with Crippen LogP contribution in [-0.2, 0) is 20.7 Å². The highest BCUT2D eigenvalue weighted by Gasteiger charge is 2.27. The normalized spacial score (nSPS) is 12.1. The van der Waals surface area contributed by atoms with Crippen LogP contribution < -0.4 is 0 Å². The van der Waals surface area contributed by atoms with E-state index in [0.717, 1.165) is 27.3 Å². The molecule has 0 saturated heterocycles. The van der Waals surface area contributed by atoms with Crippen molar-refractivity contribution in [3.8, 4) is 0 Å². The number of likely N-dealkylation sites (N-methyl/N-ethyl adjacent to an activating group) is 1. The van der Waals surface area contributed by atoms with Crippen molar-refractivity contribution in [1.82, 2.24) is 4.90 Å². The summed E-state index contributed by atoms with van der Waals surface area (Å²) in [4.78, 5) is 26.8. The number of ether oxygens (including phenoxy) is 1. The average molecular weight is 387 g/mol. The number of carbonyl (C=O) groups excluding carboxylic acids is 2. The monoisotopic (exact) mass is 387 g/mol. The highest BCUT2D eigenvalue weighted by molar-refractivity contribution is 6.08. The lowest BCUT2D eigenvalue weighted by atomic mass is 10.0. The average Bonchev–Trinajstić information content (AvgIpc) is 3.15. The van der Waals surface area contributed by atoms with Gasteiger partial charge in [-0.15, -0.1) is 0 Å². The Bertz CT molecular complexity index is 1180. The number of hydrogen-bond acceptors (Lipinski definition) is 4. The molecule has 0 aliphatic carbocycles. The van der Waals surface area contributed by atoms with E-state index in [9.17, 15) is 9.59 Å². The molecule has 5 nitrogen and oxygen atoms in total. The quantitative estimate of drug-likeness (QED) is 0.473. The van der Waals surface area contributed by atoms with E-state index in [2.05, 4.69) is 0 Å². The van der Waals surface area contributed by atoms with Crippen LogP contribution >= 0.6 is 0 Å². The minimum atomic E-state index is -0.978. The SMILES string of the molecule is CN(C)C(=O)C(OC(=O)Cc1coc2ccc3ccccc3c12)c1ccccc1. The van der Waals surface area contributed by atoms with Crippen LogP contribution in [0.1, 0.15) is 17.2 Å². The Morgan fingerprint density at radius 3 is 2.45 bits per heavy atom. The van der Waals surface area contributed by atoms with Crippen LogP contribution in [0.5, 0.6) is 0 Å². The molecule has 4 rings (SSSR count). The second kappa shape index (κ2) is 7.80. The van der Waals surface area contributed by atoms with E-state index >= 15 is 0 Å². The largest absolute Gasteiger partial charge is 0.464 e. The molecule has 0 radical (unpaired) electrons. The predicted octanol–water partition coefficient (Wildman–Crippen LogP) is 4.50. The molecular weight excluding hydrogens is 366 g/mol. The molecule has 0 N–H and O–H groups in total. The summed E-state index contributed by atoms with van der Waals surface area (Å²) in [7, 11) is 3.28. The van der Waals surface area contributed by atoms with Crippen LogP contribution in [0, 0.1) is 0 Å². The highest BCUT2D eigenvalue weighted by Crippen LogP contribution is 2.30. The van der Waals surface area contributed by atoms with Crippen molar-refractivity contribution in [3.63, 3.8) is 0 Å². The third kappa shape index (κ3) is 3.72. The molecule has 1 unspecified atom stereocenters. The molecule has 0 fully saturated rings. The van der Waals surface area contributed by atoms with E-state index in [1.54, 1.807) is 32.5 Å². The van der Waals surface area contributed by atoms with Crippen molar-refractivity contribution in [3.05, 3.63) is 84.1 Å². The van der Waals surface area contributed by atoms with E-state index in [1.165, 1.54) is 4.90 Å². The Balaban J connectivity index is 1.63.